The van der Waals surface area contributed by atoms with Gasteiger partial charge in [-0.1, -0.05) is 18.2 Å². The number of aromatic nitrogens is 2. The van der Waals surface area contributed by atoms with Crippen molar-refractivity contribution < 1.29 is 0 Å². The number of aryl methyl sites for hydroxylation is 1. The molecule has 0 radical (unpaired) electrons. The molecule has 0 spiro atoms. The third kappa shape index (κ3) is 1.42. The summed E-state index contributed by atoms with van der Waals surface area (Å²) in [7, 11) is 1.95. The number of benzene rings is 1. The number of hydrogen-bond donors (Lipinski definition) is 0. The summed E-state index contributed by atoms with van der Waals surface area (Å²) in [6.45, 7) is 0. The fourth-order valence-corrected chi connectivity index (χ4v) is 1.48. The van der Waals surface area contributed by atoms with Crippen LogP contribution in [0.25, 0.3) is 5.69 Å². The van der Waals surface area contributed by atoms with Gasteiger partial charge in [-0.25, -0.2) is 0 Å². The fourth-order valence-electron chi connectivity index (χ4n) is 1.25. The average Bonchev–Trinajstić information content (AvgIpc) is 2.49. The lowest BCUT2D eigenvalue weighted by Crippen LogP contribution is -1.93. The zero-order chi connectivity index (χ0) is 9.26. The smallest absolute Gasteiger partial charge is 0.184 e. The van der Waals surface area contributed by atoms with Gasteiger partial charge >= 0.3 is 0 Å². The molecule has 13 heavy (non-hydrogen) atoms. The molecule has 0 saturated carbocycles. The van der Waals surface area contributed by atoms with Crippen LogP contribution in [0.5, 0.6) is 0 Å². The van der Waals surface area contributed by atoms with Crippen LogP contribution in [0, 0.1) is 4.77 Å². The Balaban J connectivity index is 2.60. The lowest BCUT2D eigenvalue weighted by molar-refractivity contribution is 0.862. The van der Waals surface area contributed by atoms with Crippen LogP contribution >= 0.6 is 12.2 Å². The van der Waals surface area contributed by atoms with Crippen LogP contribution < -0.4 is 0 Å². The van der Waals surface area contributed by atoms with Crippen LogP contribution in [0.15, 0.2) is 42.7 Å². The topological polar surface area (TPSA) is 9.86 Å². The highest BCUT2D eigenvalue weighted by Gasteiger charge is 1.97. The highest BCUT2D eigenvalue weighted by Crippen LogP contribution is 2.07. The maximum Gasteiger partial charge on any atom is 0.184 e. The first-order valence-corrected chi connectivity index (χ1v) is 4.49. The quantitative estimate of drug-likeness (QED) is 0.628. The molecular formula is C10H10N2S. The van der Waals surface area contributed by atoms with Gasteiger partial charge in [-0.05, 0) is 24.4 Å². The van der Waals surface area contributed by atoms with Crippen molar-refractivity contribution in [2.45, 2.75) is 0 Å². The normalized spacial score (nSPS) is 10.2. The zero-order valence-corrected chi connectivity index (χ0v) is 8.16. The molecule has 2 rings (SSSR count). The van der Waals surface area contributed by atoms with Crippen molar-refractivity contribution >= 4 is 12.2 Å². The van der Waals surface area contributed by atoms with Crippen LogP contribution in [-0.4, -0.2) is 9.13 Å². The predicted molar refractivity (Wildman–Crippen MR) is 55.6 cm³/mol. The maximum atomic E-state index is 5.23. The van der Waals surface area contributed by atoms with Crippen LogP contribution in [0.2, 0.25) is 0 Å². The Kier molecular flexibility index (Phi) is 2.02. The maximum absolute atomic E-state index is 5.23. The minimum Gasteiger partial charge on any atom is -0.327 e. The van der Waals surface area contributed by atoms with Crippen LogP contribution in [0.1, 0.15) is 0 Å². The van der Waals surface area contributed by atoms with Crippen molar-refractivity contribution in [3.8, 4) is 5.69 Å². The Morgan fingerprint density at radius 2 is 1.77 bits per heavy atom. The van der Waals surface area contributed by atoms with Crippen LogP contribution in [0.3, 0.4) is 0 Å². The third-order valence-electron chi connectivity index (χ3n) is 1.98. The number of imidazole rings is 1. The molecule has 0 fully saturated rings. The Bertz CT molecular complexity index is 453. The van der Waals surface area contributed by atoms with E-state index in [-0.39, 0.29) is 0 Å². The molecule has 0 aliphatic heterocycles. The first-order valence-electron chi connectivity index (χ1n) is 4.08. The number of para-hydroxylation sites is 1. The van der Waals surface area contributed by atoms with E-state index in [2.05, 4.69) is 0 Å². The van der Waals surface area contributed by atoms with Crippen molar-refractivity contribution in [1.29, 1.82) is 0 Å². The summed E-state index contributed by atoms with van der Waals surface area (Å²) in [6.07, 6.45) is 3.92. The van der Waals surface area contributed by atoms with E-state index < -0.39 is 0 Å². The standard InChI is InChI=1S/C10H10N2S/c1-11-7-8-12(10(11)13)9-5-3-2-4-6-9/h2-8H,1H3. The first kappa shape index (κ1) is 8.26. The Labute approximate surface area is 82.1 Å². The van der Waals surface area contributed by atoms with Gasteiger partial charge < -0.3 is 4.57 Å². The molecule has 0 atom stereocenters. The van der Waals surface area contributed by atoms with Crippen molar-refractivity contribution in [3.63, 3.8) is 0 Å². The largest absolute Gasteiger partial charge is 0.327 e. The van der Waals surface area contributed by atoms with Gasteiger partial charge in [0.2, 0.25) is 0 Å². The molecule has 1 heterocycles. The second kappa shape index (κ2) is 3.18. The van der Waals surface area contributed by atoms with E-state index in [1.807, 2.05) is 58.9 Å². The van der Waals surface area contributed by atoms with Gasteiger partial charge in [-0.3, -0.25) is 4.57 Å². The molecule has 0 saturated heterocycles. The van der Waals surface area contributed by atoms with Crippen molar-refractivity contribution in [2.24, 2.45) is 7.05 Å². The van der Waals surface area contributed by atoms with E-state index in [9.17, 15) is 0 Å². The van der Waals surface area contributed by atoms with Crippen molar-refractivity contribution in [1.82, 2.24) is 9.13 Å². The molecule has 66 valence electrons. The summed E-state index contributed by atoms with van der Waals surface area (Å²) in [5.41, 5.74) is 1.10. The lowest BCUT2D eigenvalue weighted by atomic mass is 10.3. The molecule has 0 bridgehead atoms. The molecule has 1 aromatic heterocycles. The molecule has 0 amide bonds. The molecule has 2 aromatic rings. The molecule has 0 unspecified atom stereocenters. The summed E-state index contributed by atoms with van der Waals surface area (Å²) in [5, 5.41) is 0. The van der Waals surface area contributed by atoms with E-state index >= 15 is 0 Å². The minimum atomic E-state index is 0.811. The van der Waals surface area contributed by atoms with E-state index in [1.165, 1.54) is 0 Å². The molecular weight excluding hydrogens is 180 g/mol. The summed E-state index contributed by atoms with van der Waals surface area (Å²) in [5.74, 6) is 0. The molecule has 0 N–H and O–H groups in total. The fraction of sp³-hybridized carbons (Fsp3) is 0.100. The molecule has 0 aliphatic rings. The van der Waals surface area contributed by atoms with Crippen molar-refractivity contribution in [3.05, 3.63) is 47.5 Å². The van der Waals surface area contributed by atoms with E-state index in [1.54, 1.807) is 0 Å². The van der Waals surface area contributed by atoms with E-state index in [4.69, 9.17) is 12.2 Å². The van der Waals surface area contributed by atoms with E-state index in [0.717, 1.165) is 10.5 Å². The second-order valence-corrected chi connectivity index (χ2v) is 3.26. The number of nitrogens with zero attached hydrogens (tertiary/aromatic N) is 2. The average molecular weight is 190 g/mol. The van der Waals surface area contributed by atoms with Gasteiger partial charge in [0.25, 0.3) is 0 Å². The summed E-state index contributed by atoms with van der Waals surface area (Å²) in [4.78, 5) is 0. The Morgan fingerprint density at radius 1 is 1.08 bits per heavy atom. The van der Waals surface area contributed by atoms with Gasteiger partial charge in [0.1, 0.15) is 0 Å². The Morgan fingerprint density at radius 3 is 2.31 bits per heavy atom. The number of rotatable bonds is 1. The molecule has 1 aromatic carbocycles. The van der Waals surface area contributed by atoms with Gasteiger partial charge in [-0.15, -0.1) is 0 Å². The highest BCUT2D eigenvalue weighted by atomic mass is 32.1. The van der Waals surface area contributed by atoms with E-state index in [0.29, 0.717) is 0 Å². The lowest BCUT2D eigenvalue weighted by Gasteiger charge is -2.00. The second-order valence-electron chi connectivity index (χ2n) is 2.90. The molecule has 0 aliphatic carbocycles. The van der Waals surface area contributed by atoms with Crippen LogP contribution in [0.4, 0.5) is 0 Å². The first-order chi connectivity index (χ1) is 6.29. The van der Waals surface area contributed by atoms with Crippen molar-refractivity contribution in [2.75, 3.05) is 0 Å². The number of hydrogen-bond acceptors (Lipinski definition) is 1. The molecule has 2 nitrogen and oxygen atoms in total. The zero-order valence-electron chi connectivity index (χ0n) is 7.34. The minimum absolute atomic E-state index is 0.811. The van der Waals surface area contributed by atoms with Gasteiger partial charge in [-0.2, -0.15) is 0 Å². The van der Waals surface area contributed by atoms with Crippen LogP contribution in [-0.2, 0) is 7.05 Å². The third-order valence-corrected chi connectivity index (χ3v) is 2.47. The van der Waals surface area contributed by atoms with Gasteiger partial charge in [0.15, 0.2) is 4.77 Å². The van der Waals surface area contributed by atoms with Gasteiger partial charge in [0.05, 0.1) is 0 Å². The highest BCUT2D eigenvalue weighted by molar-refractivity contribution is 7.71. The van der Waals surface area contributed by atoms with Gasteiger partial charge in [0, 0.05) is 25.1 Å². The monoisotopic (exact) mass is 190 g/mol. The molecule has 3 heteroatoms. The predicted octanol–water partition coefficient (Wildman–Crippen LogP) is 2.55. The SMILES string of the molecule is Cn1ccn(-c2ccccc2)c1=S. The summed E-state index contributed by atoms with van der Waals surface area (Å²) < 4.78 is 4.71. The summed E-state index contributed by atoms with van der Waals surface area (Å²) in [6, 6.07) is 10.1. The Hall–Kier alpha value is -1.35. The summed E-state index contributed by atoms with van der Waals surface area (Å²) >= 11 is 5.23.